The van der Waals surface area contributed by atoms with E-state index >= 15 is 0 Å². The Morgan fingerprint density at radius 2 is 2.17 bits per heavy atom. The summed E-state index contributed by atoms with van der Waals surface area (Å²) < 4.78 is 0. The van der Waals surface area contributed by atoms with E-state index < -0.39 is 11.5 Å². The quantitative estimate of drug-likeness (QED) is 0.705. The molecule has 2 aliphatic rings. The number of rotatable bonds is 1. The highest BCUT2D eigenvalue weighted by molar-refractivity contribution is 6.25. The summed E-state index contributed by atoms with van der Waals surface area (Å²) in [6.07, 6.45) is 0. The maximum Gasteiger partial charge on any atom is 0.264 e. The predicted octanol–water partition coefficient (Wildman–Crippen LogP) is 1.71. The van der Waals surface area contributed by atoms with Gasteiger partial charge in [-0.2, -0.15) is 10.2 Å². The molecule has 5 nitrogen and oxygen atoms in total. The van der Waals surface area contributed by atoms with Crippen molar-refractivity contribution in [3.8, 4) is 0 Å². The first kappa shape index (κ1) is 11.1. The number of carbonyl (C=O) groups is 2. The fourth-order valence-electron chi connectivity index (χ4n) is 2.52. The molecule has 18 heavy (non-hydrogen) atoms. The number of azo groups is 1. The van der Waals surface area contributed by atoms with Gasteiger partial charge in [-0.3, -0.25) is 9.59 Å². The summed E-state index contributed by atoms with van der Waals surface area (Å²) in [7, 11) is 0. The molecule has 1 aromatic rings. The van der Waals surface area contributed by atoms with E-state index in [-0.39, 0.29) is 11.8 Å². The standard InChI is InChI=1S/C13H13N3O2/c1-8-4-3-5-9(6-8)16-11(17)10-7-14-15-13(10,2)12(16)18/h3-6,10H,7H2,1-2H3/t10-,13+/m1/s1. The van der Waals surface area contributed by atoms with E-state index in [9.17, 15) is 9.59 Å². The van der Waals surface area contributed by atoms with E-state index in [2.05, 4.69) is 10.2 Å². The molecular weight excluding hydrogens is 230 g/mol. The van der Waals surface area contributed by atoms with Crippen LogP contribution in [-0.4, -0.2) is 23.9 Å². The molecule has 0 unspecified atom stereocenters. The Morgan fingerprint density at radius 1 is 1.39 bits per heavy atom. The molecule has 0 aromatic heterocycles. The third kappa shape index (κ3) is 1.27. The largest absolute Gasteiger partial charge is 0.274 e. The third-order valence-corrected chi connectivity index (χ3v) is 3.64. The van der Waals surface area contributed by atoms with E-state index in [0.717, 1.165) is 5.56 Å². The Morgan fingerprint density at radius 3 is 2.83 bits per heavy atom. The summed E-state index contributed by atoms with van der Waals surface area (Å²) >= 11 is 0. The molecule has 0 radical (unpaired) electrons. The second-order valence-corrected chi connectivity index (χ2v) is 4.94. The molecule has 0 saturated carbocycles. The van der Waals surface area contributed by atoms with Crippen LogP contribution in [0.25, 0.3) is 0 Å². The second kappa shape index (κ2) is 3.48. The van der Waals surface area contributed by atoms with Crippen molar-refractivity contribution < 1.29 is 9.59 Å². The van der Waals surface area contributed by atoms with E-state index in [4.69, 9.17) is 0 Å². The maximum absolute atomic E-state index is 12.4. The minimum atomic E-state index is -0.999. The molecule has 1 fully saturated rings. The first-order valence-corrected chi connectivity index (χ1v) is 5.88. The Kier molecular flexibility index (Phi) is 2.14. The number of hydrogen-bond acceptors (Lipinski definition) is 4. The monoisotopic (exact) mass is 243 g/mol. The van der Waals surface area contributed by atoms with Gasteiger partial charge < -0.3 is 0 Å². The average Bonchev–Trinajstić information content (AvgIpc) is 2.79. The van der Waals surface area contributed by atoms with Crippen LogP contribution in [-0.2, 0) is 9.59 Å². The Balaban J connectivity index is 2.07. The number of imide groups is 1. The van der Waals surface area contributed by atoms with Crippen LogP contribution in [0.2, 0.25) is 0 Å². The molecule has 1 saturated heterocycles. The molecule has 2 heterocycles. The van der Waals surface area contributed by atoms with Crippen molar-refractivity contribution in [3.63, 3.8) is 0 Å². The highest BCUT2D eigenvalue weighted by Gasteiger charge is 2.59. The normalized spacial score (nSPS) is 30.1. The van der Waals surface area contributed by atoms with E-state index in [1.54, 1.807) is 13.0 Å². The van der Waals surface area contributed by atoms with Crippen molar-refractivity contribution in [3.05, 3.63) is 29.8 Å². The van der Waals surface area contributed by atoms with Gasteiger partial charge in [0.15, 0.2) is 5.54 Å². The molecule has 0 N–H and O–H groups in total. The lowest BCUT2D eigenvalue weighted by atomic mass is 9.90. The van der Waals surface area contributed by atoms with Crippen molar-refractivity contribution in [2.75, 3.05) is 11.4 Å². The van der Waals surface area contributed by atoms with Gasteiger partial charge >= 0.3 is 0 Å². The van der Waals surface area contributed by atoms with Crippen molar-refractivity contribution in [1.82, 2.24) is 0 Å². The lowest BCUT2D eigenvalue weighted by molar-refractivity contribution is -0.122. The van der Waals surface area contributed by atoms with Crippen LogP contribution in [0, 0.1) is 12.8 Å². The van der Waals surface area contributed by atoms with Gasteiger partial charge in [-0.1, -0.05) is 12.1 Å². The summed E-state index contributed by atoms with van der Waals surface area (Å²) in [4.78, 5) is 25.9. The number of fused-ring (bicyclic) bond motifs is 1. The van der Waals surface area contributed by atoms with Crippen LogP contribution in [0.5, 0.6) is 0 Å². The number of nitrogens with zero attached hydrogens (tertiary/aromatic N) is 3. The number of anilines is 1. The minimum Gasteiger partial charge on any atom is -0.274 e. The van der Waals surface area contributed by atoms with Crippen LogP contribution in [0.15, 0.2) is 34.5 Å². The van der Waals surface area contributed by atoms with Gasteiger partial charge in [-0.15, -0.1) is 0 Å². The van der Waals surface area contributed by atoms with Crippen LogP contribution < -0.4 is 4.90 Å². The molecule has 5 heteroatoms. The molecule has 92 valence electrons. The van der Waals surface area contributed by atoms with Gasteiger partial charge in [-0.25, -0.2) is 4.90 Å². The predicted molar refractivity (Wildman–Crippen MR) is 65.3 cm³/mol. The fraction of sp³-hybridized carbons (Fsp3) is 0.385. The Labute approximate surface area is 105 Å². The first-order chi connectivity index (χ1) is 8.54. The number of hydrogen-bond donors (Lipinski definition) is 0. The fourth-order valence-corrected chi connectivity index (χ4v) is 2.52. The van der Waals surface area contributed by atoms with E-state index in [1.165, 1.54) is 4.90 Å². The summed E-state index contributed by atoms with van der Waals surface area (Å²) in [6.45, 7) is 3.92. The van der Waals surface area contributed by atoms with Gasteiger partial charge in [0.25, 0.3) is 5.91 Å². The van der Waals surface area contributed by atoms with Crippen LogP contribution in [0.4, 0.5) is 5.69 Å². The van der Waals surface area contributed by atoms with Crippen LogP contribution in [0.1, 0.15) is 12.5 Å². The molecule has 3 rings (SSSR count). The second-order valence-electron chi connectivity index (χ2n) is 4.94. The van der Waals surface area contributed by atoms with Gasteiger partial charge in [0.1, 0.15) is 0 Å². The van der Waals surface area contributed by atoms with E-state index in [0.29, 0.717) is 12.2 Å². The summed E-state index contributed by atoms with van der Waals surface area (Å²) in [6, 6.07) is 7.36. The molecule has 2 amide bonds. The Hall–Kier alpha value is -2.04. The summed E-state index contributed by atoms with van der Waals surface area (Å²) in [5, 5.41) is 7.82. The van der Waals surface area contributed by atoms with Gasteiger partial charge in [0, 0.05) is 0 Å². The lowest BCUT2D eigenvalue weighted by Crippen LogP contribution is -2.37. The number of aryl methyl sites for hydroxylation is 1. The third-order valence-electron chi connectivity index (χ3n) is 3.64. The average molecular weight is 243 g/mol. The number of carbonyl (C=O) groups excluding carboxylic acids is 2. The highest BCUT2D eigenvalue weighted by atomic mass is 16.2. The minimum absolute atomic E-state index is 0.196. The van der Waals surface area contributed by atoms with E-state index in [1.807, 2.05) is 25.1 Å². The zero-order valence-corrected chi connectivity index (χ0v) is 10.3. The molecule has 0 aliphatic carbocycles. The zero-order valence-electron chi connectivity index (χ0n) is 10.3. The highest BCUT2D eigenvalue weighted by Crippen LogP contribution is 2.40. The van der Waals surface area contributed by atoms with Crippen molar-refractivity contribution in [1.29, 1.82) is 0 Å². The lowest BCUT2D eigenvalue weighted by Gasteiger charge is -2.17. The Bertz CT molecular complexity index is 581. The van der Waals surface area contributed by atoms with Crippen molar-refractivity contribution >= 4 is 17.5 Å². The zero-order chi connectivity index (χ0) is 12.9. The molecule has 0 bridgehead atoms. The first-order valence-electron chi connectivity index (χ1n) is 5.88. The molecule has 2 aliphatic heterocycles. The van der Waals surface area contributed by atoms with Crippen molar-refractivity contribution in [2.24, 2.45) is 16.1 Å². The molecule has 1 aromatic carbocycles. The van der Waals surface area contributed by atoms with Gasteiger partial charge in [0.05, 0.1) is 18.2 Å². The number of amides is 2. The number of benzene rings is 1. The van der Waals surface area contributed by atoms with Gasteiger partial charge in [-0.05, 0) is 31.5 Å². The summed E-state index contributed by atoms with van der Waals surface area (Å²) in [5.74, 6) is -0.909. The smallest absolute Gasteiger partial charge is 0.264 e. The van der Waals surface area contributed by atoms with Gasteiger partial charge in [0.2, 0.25) is 5.91 Å². The SMILES string of the molecule is Cc1cccc(N2C(=O)[C@H]3CN=N[C@]3(C)C2=O)c1. The van der Waals surface area contributed by atoms with Crippen LogP contribution in [0.3, 0.4) is 0 Å². The summed E-state index contributed by atoms with van der Waals surface area (Å²) in [5.41, 5.74) is 0.633. The molecular formula is C13H13N3O2. The molecule has 0 spiro atoms. The topological polar surface area (TPSA) is 62.1 Å². The van der Waals surface area contributed by atoms with Crippen molar-refractivity contribution in [2.45, 2.75) is 19.4 Å². The maximum atomic E-state index is 12.4. The van der Waals surface area contributed by atoms with Crippen LogP contribution >= 0.6 is 0 Å². The molecule has 2 atom stereocenters.